The number of amides is 1. The number of aromatic hydroxyl groups is 1. The van der Waals surface area contributed by atoms with Gasteiger partial charge in [0.05, 0.1) is 7.11 Å². The molecule has 0 saturated heterocycles. The number of methoxy groups -OCH3 is 1. The molecule has 0 heterocycles. The van der Waals surface area contributed by atoms with Crippen LogP contribution < -0.4 is 10.1 Å². The van der Waals surface area contributed by atoms with Crippen molar-refractivity contribution >= 4 is 17.6 Å². The highest BCUT2D eigenvalue weighted by Gasteiger charge is 2.22. The molecule has 0 fully saturated rings. The van der Waals surface area contributed by atoms with Crippen LogP contribution in [0, 0.1) is 5.82 Å². The molecule has 0 radical (unpaired) electrons. The van der Waals surface area contributed by atoms with E-state index in [4.69, 9.17) is 9.47 Å². The number of hydrogen-bond acceptors (Lipinski definition) is 5. The number of nitrogens with one attached hydrogen (secondary N) is 1. The van der Waals surface area contributed by atoms with Gasteiger partial charge in [-0.2, -0.15) is 0 Å². The van der Waals surface area contributed by atoms with E-state index in [0.29, 0.717) is 5.69 Å². The smallest absolute Gasteiger partial charge is 0.342 e. The van der Waals surface area contributed by atoms with Crippen LogP contribution in [0.15, 0.2) is 42.5 Å². The lowest BCUT2D eigenvalue weighted by molar-refractivity contribution is -0.123. The van der Waals surface area contributed by atoms with Gasteiger partial charge in [0.25, 0.3) is 5.91 Å². The van der Waals surface area contributed by atoms with Crippen molar-refractivity contribution in [1.29, 1.82) is 0 Å². The highest BCUT2D eigenvalue weighted by Crippen LogP contribution is 2.30. The zero-order valence-electron chi connectivity index (χ0n) is 13.1. The summed E-state index contributed by atoms with van der Waals surface area (Å²) < 4.78 is 22.8. The minimum atomic E-state index is -1.12. The molecule has 0 unspecified atom stereocenters. The number of benzene rings is 2. The van der Waals surface area contributed by atoms with Crippen molar-refractivity contribution in [3.05, 3.63) is 53.8 Å². The fraction of sp³-hybridized carbons (Fsp3) is 0.176. The van der Waals surface area contributed by atoms with E-state index in [-0.39, 0.29) is 17.1 Å². The first-order valence-electron chi connectivity index (χ1n) is 7.05. The van der Waals surface area contributed by atoms with E-state index in [1.165, 1.54) is 56.5 Å². The number of phenols is 1. The molecule has 7 heteroatoms. The van der Waals surface area contributed by atoms with Gasteiger partial charge in [0, 0.05) is 5.69 Å². The Balaban J connectivity index is 2.03. The average Bonchev–Trinajstić information content (AvgIpc) is 2.56. The number of phenolic OH excluding ortho intramolecular Hbond substituents is 1. The second-order valence-electron chi connectivity index (χ2n) is 4.90. The Morgan fingerprint density at radius 1 is 1.17 bits per heavy atom. The van der Waals surface area contributed by atoms with Gasteiger partial charge >= 0.3 is 5.97 Å². The van der Waals surface area contributed by atoms with E-state index in [2.05, 4.69) is 5.32 Å². The molecule has 2 aromatic carbocycles. The number of esters is 1. The monoisotopic (exact) mass is 333 g/mol. The molecule has 0 spiro atoms. The van der Waals surface area contributed by atoms with Gasteiger partial charge in [0.1, 0.15) is 11.4 Å². The maximum Gasteiger partial charge on any atom is 0.342 e. The van der Waals surface area contributed by atoms with Crippen LogP contribution in [0.4, 0.5) is 10.1 Å². The van der Waals surface area contributed by atoms with Gasteiger partial charge in [-0.3, -0.25) is 4.79 Å². The van der Waals surface area contributed by atoms with Gasteiger partial charge in [-0.05, 0) is 43.3 Å². The van der Waals surface area contributed by atoms with Crippen LogP contribution in [0.5, 0.6) is 11.5 Å². The molecule has 0 bridgehead atoms. The number of hydrogen-bond donors (Lipinski definition) is 2. The molecule has 2 N–H and O–H groups in total. The van der Waals surface area contributed by atoms with Crippen molar-refractivity contribution in [2.24, 2.45) is 0 Å². The Bertz CT molecular complexity index is 745. The molecule has 2 aromatic rings. The van der Waals surface area contributed by atoms with Crippen LogP contribution in [0.25, 0.3) is 0 Å². The Hall–Kier alpha value is -3.09. The number of carbonyl (C=O) groups is 2. The third-order valence-corrected chi connectivity index (χ3v) is 3.20. The van der Waals surface area contributed by atoms with Crippen molar-refractivity contribution in [2.75, 3.05) is 12.4 Å². The molecule has 0 saturated carbocycles. The van der Waals surface area contributed by atoms with Crippen LogP contribution >= 0.6 is 0 Å². The minimum absolute atomic E-state index is 0.115. The lowest BCUT2D eigenvalue weighted by atomic mass is 10.2. The standard InChI is InChI=1S/C17H16FNO5/c1-10(16(21)19-12-8-6-11(18)7-9-12)24-17(22)13-4-3-5-14(23-2)15(13)20/h3-10,20H,1-2H3,(H,19,21)/t10-/m1/s1. The molecule has 2 rings (SSSR count). The summed E-state index contributed by atoms with van der Waals surface area (Å²) in [6, 6.07) is 9.51. The third-order valence-electron chi connectivity index (χ3n) is 3.20. The molecular weight excluding hydrogens is 317 g/mol. The molecule has 6 nitrogen and oxygen atoms in total. The summed E-state index contributed by atoms with van der Waals surface area (Å²) in [5, 5.41) is 12.4. The third kappa shape index (κ3) is 4.01. The highest BCUT2D eigenvalue weighted by atomic mass is 19.1. The van der Waals surface area contributed by atoms with E-state index in [0.717, 1.165) is 0 Å². The van der Waals surface area contributed by atoms with Gasteiger partial charge in [0.2, 0.25) is 0 Å². The van der Waals surface area contributed by atoms with Crippen molar-refractivity contribution in [2.45, 2.75) is 13.0 Å². The van der Waals surface area contributed by atoms with Gasteiger partial charge in [-0.25, -0.2) is 9.18 Å². The van der Waals surface area contributed by atoms with E-state index < -0.39 is 23.8 Å². The summed E-state index contributed by atoms with van der Waals surface area (Å²) in [5.41, 5.74) is 0.254. The van der Waals surface area contributed by atoms with Crippen LogP contribution in [0.3, 0.4) is 0 Å². The zero-order chi connectivity index (χ0) is 17.7. The SMILES string of the molecule is COc1cccc(C(=O)O[C@H](C)C(=O)Nc2ccc(F)cc2)c1O. The normalized spacial score (nSPS) is 11.5. The van der Waals surface area contributed by atoms with Crippen LogP contribution in [-0.2, 0) is 9.53 Å². The summed E-state index contributed by atoms with van der Waals surface area (Å²) in [6.45, 7) is 1.38. The molecule has 1 atom stereocenters. The largest absolute Gasteiger partial charge is 0.504 e. The molecule has 126 valence electrons. The number of carbonyl (C=O) groups excluding carboxylic acids is 2. The van der Waals surface area contributed by atoms with E-state index >= 15 is 0 Å². The van der Waals surface area contributed by atoms with Crippen molar-refractivity contribution in [3.8, 4) is 11.5 Å². The number of rotatable bonds is 5. The van der Waals surface area contributed by atoms with Gasteiger partial charge in [-0.15, -0.1) is 0 Å². The first-order chi connectivity index (χ1) is 11.4. The molecule has 0 aliphatic rings. The van der Waals surface area contributed by atoms with Crippen molar-refractivity contribution in [1.82, 2.24) is 0 Å². The molecule has 0 aromatic heterocycles. The summed E-state index contributed by atoms with van der Waals surface area (Å²) in [5.74, 6) is -2.13. The Morgan fingerprint density at radius 2 is 1.83 bits per heavy atom. The van der Waals surface area contributed by atoms with Crippen LogP contribution in [0.1, 0.15) is 17.3 Å². The number of halogens is 1. The fourth-order valence-corrected chi connectivity index (χ4v) is 1.91. The summed E-state index contributed by atoms with van der Waals surface area (Å²) >= 11 is 0. The lowest BCUT2D eigenvalue weighted by Crippen LogP contribution is -2.30. The average molecular weight is 333 g/mol. The maximum absolute atomic E-state index is 12.8. The quantitative estimate of drug-likeness (QED) is 0.822. The van der Waals surface area contributed by atoms with Crippen LogP contribution in [-0.4, -0.2) is 30.2 Å². The van der Waals surface area contributed by atoms with Gasteiger partial charge in [-0.1, -0.05) is 6.07 Å². The Labute approximate surface area is 137 Å². The number of anilines is 1. The van der Waals surface area contributed by atoms with Crippen LogP contribution in [0.2, 0.25) is 0 Å². The van der Waals surface area contributed by atoms with Crippen molar-refractivity contribution in [3.63, 3.8) is 0 Å². The van der Waals surface area contributed by atoms with E-state index in [1.807, 2.05) is 0 Å². The summed E-state index contributed by atoms with van der Waals surface area (Å²) in [6.07, 6.45) is -1.12. The van der Waals surface area contributed by atoms with Gasteiger partial charge in [0.15, 0.2) is 17.6 Å². The summed E-state index contributed by atoms with van der Waals surface area (Å²) in [7, 11) is 1.35. The zero-order valence-corrected chi connectivity index (χ0v) is 13.1. The van der Waals surface area contributed by atoms with Crippen molar-refractivity contribution < 1.29 is 28.6 Å². The highest BCUT2D eigenvalue weighted by molar-refractivity contribution is 5.98. The number of ether oxygens (including phenoxy) is 2. The topological polar surface area (TPSA) is 84.9 Å². The predicted octanol–water partition coefficient (Wildman–Crippen LogP) is 2.72. The molecule has 0 aliphatic heterocycles. The Morgan fingerprint density at radius 3 is 2.46 bits per heavy atom. The first kappa shape index (κ1) is 17.3. The Kier molecular flexibility index (Phi) is 5.36. The second kappa shape index (κ2) is 7.45. The predicted molar refractivity (Wildman–Crippen MR) is 84.6 cm³/mol. The molecule has 24 heavy (non-hydrogen) atoms. The van der Waals surface area contributed by atoms with Gasteiger partial charge < -0.3 is 19.9 Å². The molecule has 0 aliphatic carbocycles. The second-order valence-corrected chi connectivity index (χ2v) is 4.90. The van der Waals surface area contributed by atoms with E-state index in [9.17, 15) is 19.1 Å². The number of para-hydroxylation sites is 1. The molecule has 1 amide bonds. The minimum Gasteiger partial charge on any atom is -0.504 e. The summed E-state index contributed by atoms with van der Waals surface area (Å²) in [4.78, 5) is 24.1. The molecular formula is C17H16FNO5. The fourth-order valence-electron chi connectivity index (χ4n) is 1.91. The first-order valence-corrected chi connectivity index (χ1v) is 7.05. The lowest BCUT2D eigenvalue weighted by Gasteiger charge is -2.14. The van der Waals surface area contributed by atoms with E-state index in [1.54, 1.807) is 0 Å². The maximum atomic E-state index is 12.8.